The molecule has 1 aliphatic heterocycles. The zero-order valence-electron chi connectivity index (χ0n) is 14.7. The maximum atomic E-state index is 12.7. The van der Waals surface area contributed by atoms with Crippen molar-refractivity contribution in [3.63, 3.8) is 0 Å². The Labute approximate surface area is 156 Å². The van der Waals surface area contributed by atoms with Crippen molar-refractivity contribution >= 4 is 29.3 Å². The van der Waals surface area contributed by atoms with Crippen molar-refractivity contribution in [2.75, 3.05) is 7.11 Å². The summed E-state index contributed by atoms with van der Waals surface area (Å²) in [5.74, 6) is -1.24. The Balaban J connectivity index is 2.06. The molecule has 26 heavy (non-hydrogen) atoms. The highest BCUT2D eigenvalue weighted by atomic mass is 35.5. The summed E-state index contributed by atoms with van der Waals surface area (Å²) < 4.78 is 4.82. The first-order valence-electron chi connectivity index (χ1n) is 8.56. The maximum Gasteiger partial charge on any atom is 0.345 e. The first kappa shape index (κ1) is 18.5. The average molecular weight is 377 g/mol. The second kappa shape index (κ2) is 7.11. The third-order valence-corrected chi connectivity index (χ3v) is 5.33. The van der Waals surface area contributed by atoms with E-state index >= 15 is 0 Å². The number of aliphatic imine (C=N–C) groups is 1. The van der Waals surface area contributed by atoms with Crippen LogP contribution in [0.4, 0.5) is 0 Å². The number of aliphatic hydroxyl groups excluding tert-OH is 1. The molecule has 1 amide bonds. The van der Waals surface area contributed by atoms with Crippen LogP contribution in [0.2, 0.25) is 5.02 Å². The molecule has 1 saturated carbocycles. The number of carbonyl (C=O) groups is 2. The Kier molecular flexibility index (Phi) is 5.05. The predicted octanol–water partition coefficient (Wildman–Crippen LogP) is 3.47. The van der Waals surface area contributed by atoms with Gasteiger partial charge in [0.25, 0.3) is 0 Å². The monoisotopic (exact) mass is 376 g/mol. The first-order chi connectivity index (χ1) is 12.4. The standard InChI is InChI=1S/C19H21ClN2O4/c1-11(12-6-5-7-13(20)10-12)21-16-14(17(24)26-2)15(23)19(18(25)22-16)8-3-4-9-19/h5-7,10-11,23H,3-4,8-9H2,1-2H3,(H,21,22,25)/t11-/m0/s1. The number of hydrogen-bond acceptors (Lipinski definition) is 5. The molecule has 1 aliphatic carbocycles. The molecule has 1 heterocycles. The number of amides is 1. The molecule has 138 valence electrons. The van der Waals surface area contributed by atoms with Crippen LogP contribution in [-0.2, 0) is 14.3 Å². The molecule has 2 N–H and O–H groups in total. The lowest BCUT2D eigenvalue weighted by molar-refractivity contribution is -0.136. The van der Waals surface area contributed by atoms with Crippen LogP contribution in [0.25, 0.3) is 0 Å². The van der Waals surface area contributed by atoms with Gasteiger partial charge in [-0.05, 0) is 37.5 Å². The molecular formula is C19H21ClN2O4. The van der Waals surface area contributed by atoms with Crippen molar-refractivity contribution in [3.05, 3.63) is 46.2 Å². The van der Waals surface area contributed by atoms with Gasteiger partial charge in [-0.25, -0.2) is 4.79 Å². The fourth-order valence-corrected chi connectivity index (χ4v) is 3.82. The number of aliphatic hydroxyl groups is 1. The van der Waals surface area contributed by atoms with E-state index in [2.05, 4.69) is 10.3 Å². The van der Waals surface area contributed by atoms with Crippen LogP contribution in [0.5, 0.6) is 0 Å². The SMILES string of the molecule is COC(=O)C1=C(O)C2(CCCC2)C(=O)NC1=N[C@@H](C)c1cccc(Cl)c1. The Morgan fingerprint density at radius 3 is 2.69 bits per heavy atom. The van der Waals surface area contributed by atoms with Gasteiger partial charge >= 0.3 is 5.97 Å². The number of carbonyl (C=O) groups excluding carboxylic acids is 2. The second-order valence-electron chi connectivity index (χ2n) is 6.67. The number of benzene rings is 1. The van der Waals surface area contributed by atoms with Crippen LogP contribution < -0.4 is 5.32 Å². The van der Waals surface area contributed by atoms with Crippen LogP contribution in [0.3, 0.4) is 0 Å². The lowest BCUT2D eigenvalue weighted by Crippen LogP contribution is -2.51. The lowest BCUT2D eigenvalue weighted by atomic mass is 9.78. The van der Waals surface area contributed by atoms with Crippen LogP contribution >= 0.6 is 11.6 Å². The lowest BCUT2D eigenvalue weighted by Gasteiger charge is -2.33. The summed E-state index contributed by atoms with van der Waals surface area (Å²) in [5, 5.41) is 14.1. The summed E-state index contributed by atoms with van der Waals surface area (Å²) in [7, 11) is 1.23. The molecule has 0 bridgehead atoms. The molecular weight excluding hydrogens is 356 g/mol. The summed E-state index contributed by atoms with van der Waals surface area (Å²) in [6, 6.07) is 6.79. The summed E-state index contributed by atoms with van der Waals surface area (Å²) in [4.78, 5) is 29.5. The normalized spacial score (nSPS) is 21.8. The van der Waals surface area contributed by atoms with Crippen molar-refractivity contribution in [2.24, 2.45) is 10.4 Å². The summed E-state index contributed by atoms with van der Waals surface area (Å²) in [6.45, 7) is 1.82. The fraction of sp³-hybridized carbons (Fsp3) is 0.421. The molecule has 1 spiro atoms. The number of ether oxygens (including phenoxy) is 1. The highest BCUT2D eigenvalue weighted by Gasteiger charge is 2.51. The van der Waals surface area contributed by atoms with E-state index in [0.29, 0.717) is 17.9 Å². The third-order valence-electron chi connectivity index (χ3n) is 5.09. The van der Waals surface area contributed by atoms with Crippen molar-refractivity contribution < 1.29 is 19.4 Å². The number of nitrogens with one attached hydrogen (secondary N) is 1. The van der Waals surface area contributed by atoms with Gasteiger partial charge in [-0.3, -0.25) is 9.79 Å². The maximum absolute atomic E-state index is 12.7. The van der Waals surface area contributed by atoms with Crippen LogP contribution in [0.15, 0.2) is 40.6 Å². The molecule has 0 aromatic heterocycles. The quantitative estimate of drug-likeness (QED) is 0.790. The molecule has 7 heteroatoms. The number of hydrogen-bond donors (Lipinski definition) is 2. The van der Waals surface area contributed by atoms with Gasteiger partial charge in [0.15, 0.2) is 0 Å². The number of nitrogens with zero attached hydrogens (tertiary/aromatic N) is 1. The Hall–Kier alpha value is -2.34. The molecule has 3 rings (SSSR count). The van der Waals surface area contributed by atoms with E-state index in [4.69, 9.17) is 16.3 Å². The van der Waals surface area contributed by atoms with E-state index in [9.17, 15) is 14.7 Å². The van der Waals surface area contributed by atoms with Gasteiger partial charge in [0, 0.05) is 5.02 Å². The Morgan fingerprint density at radius 2 is 2.08 bits per heavy atom. The molecule has 1 atom stereocenters. The molecule has 2 aliphatic rings. The van der Waals surface area contributed by atoms with Gasteiger partial charge in [-0.2, -0.15) is 0 Å². The second-order valence-corrected chi connectivity index (χ2v) is 7.10. The Bertz CT molecular complexity index is 810. The molecule has 1 fully saturated rings. The number of rotatable bonds is 3. The number of methoxy groups -OCH3 is 1. The highest BCUT2D eigenvalue weighted by molar-refractivity contribution is 6.30. The summed E-state index contributed by atoms with van der Waals surface area (Å²) in [6.07, 6.45) is 2.64. The summed E-state index contributed by atoms with van der Waals surface area (Å²) in [5.41, 5.74) is -0.297. The largest absolute Gasteiger partial charge is 0.510 e. The van der Waals surface area contributed by atoms with Gasteiger partial charge in [-0.1, -0.05) is 36.6 Å². The summed E-state index contributed by atoms with van der Waals surface area (Å²) >= 11 is 6.02. The molecule has 1 aromatic rings. The van der Waals surface area contributed by atoms with Crippen LogP contribution in [0.1, 0.15) is 44.2 Å². The van der Waals surface area contributed by atoms with Gasteiger partial charge in [0.05, 0.1) is 13.2 Å². The smallest absolute Gasteiger partial charge is 0.345 e. The van der Waals surface area contributed by atoms with Crippen molar-refractivity contribution in [2.45, 2.75) is 38.6 Å². The van der Waals surface area contributed by atoms with Crippen molar-refractivity contribution in [1.82, 2.24) is 5.32 Å². The molecule has 0 saturated heterocycles. The topological polar surface area (TPSA) is 88.0 Å². The van der Waals surface area contributed by atoms with Gasteiger partial charge in [0.1, 0.15) is 22.6 Å². The third kappa shape index (κ3) is 3.09. The molecule has 0 unspecified atom stereocenters. The average Bonchev–Trinajstić information content (AvgIpc) is 3.11. The van der Waals surface area contributed by atoms with Gasteiger partial charge in [-0.15, -0.1) is 0 Å². The van der Waals surface area contributed by atoms with Gasteiger partial charge in [0.2, 0.25) is 5.91 Å². The molecule has 0 radical (unpaired) electrons. The predicted molar refractivity (Wildman–Crippen MR) is 98.0 cm³/mol. The van der Waals surface area contributed by atoms with Crippen molar-refractivity contribution in [1.29, 1.82) is 0 Å². The van der Waals surface area contributed by atoms with E-state index in [0.717, 1.165) is 18.4 Å². The van der Waals surface area contributed by atoms with Crippen LogP contribution in [-0.4, -0.2) is 29.9 Å². The minimum atomic E-state index is -1.05. The number of amidine groups is 1. The first-order valence-corrected chi connectivity index (χ1v) is 8.94. The zero-order chi connectivity index (χ0) is 18.9. The van der Waals surface area contributed by atoms with Gasteiger partial charge < -0.3 is 15.2 Å². The van der Waals surface area contributed by atoms with E-state index in [1.807, 2.05) is 13.0 Å². The minimum absolute atomic E-state index is 0.0318. The van der Waals surface area contributed by atoms with Crippen molar-refractivity contribution in [3.8, 4) is 0 Å². The molecule has 6 nitrogen and oxygen atoms in total. The zero-order valence-corrected chi connectivity index (χ0v) is 15.5. The fourth-order valence-electron chi connectivity index (χ4n) is 3.62. The van der Waals surface area contributed by atoms with E-state index in [1.54, 1.807) is 18.2 Å². The van der Waals surface area contributed by atoms with E-state index in [1.165, 1.54) is 7.11 Å². The minimum Gasteiger partial charge on any atom is -0.510 e. The van der Waals surface area contributed by atoms with E-state index in [-0.39, 0.29) is 29.1 Å². The number of halogens is 1. The Morgan fingerprint density at radius 1 is 1.38 bits per heavy atom. The molecule has 1 aromatic carbocycles. The van der Waals surface area contributed by atoms with Crippen LogP contribution in [0, 0.1) is 5.41 Å². The number of esters is 1. The van der Waals surface area contributed by atoms with E-state index < -0.39 is 11.4 Å². The highest BCUT2D eigenvalue weighted by Crippen LogP contribution is 2.46.